The zero-order valence-corrected chi connectivity index (χ0v) is 24.1. The summed E-state index contributed by atoms with van der Waals surface area (Å²) >= 11 is 0. The molecular formula is C31H45N3O4. The zero-order valence-electron chi connectivity index (χ0n) is 24.1. The standard InChI is InChI=1S/C31H45N3O4/c1-8-9-10-14-19-34(29(36)24(4)33-30(37)38-31(5,6)7)27(26-18-17-22(2)20-23(26)3)28(35)32-21-25-15-12-11-13-16-25/h11-13,15-18,20,24,27H,8-10,14,19,21H2,1-7H3,(H,32,35)(H,33,37). The Bertz CT molecular complexity index is 1060. The molecule has 2 aromatic carbocycles. The zero-order chi connectivity index (χ0) is 28.3. The summed E-state index contributed by atoms with van der Waals surface area (Å²) in [7, 11) is 0. The molecule has 0 heterocycles. The first-order chi connectivity index (χ1) is 17.9. The third-order valence-corrected chi connectivity index (χ3v) is 6.23. The summed E-state index contributed by atoms with van der Waals surface area (Å²) in [6.07, 6.45) is 3.14. The number of rotatable bonds is 12. The molecule has 0 saturated carbocycles. The molecule has 2 atom stereocenters. The third kappa shape index (κ3) is 9.84. The minimum absolute atomic E-state index is 0.255. The van der Waals surface area contributed by atoms with Crippen LogP contribution in [0.2, 0.25) is 0 Å². The van der Waals surface area contributed by atoms with Gasteiger partial charge in [0.1, 0.15) is 17.7 Å². The first-order valence-electron chi connectivity index (χ1n) is 13.6. The summed E-state index contributed by atoms with van der Waals surface area (Å²) in [4.78, 5) is 41.7. The van der Waals surface area contributed by atoms with Crippen molar-refractivity contribution in [3.63, 3.8) is 0 Å². The van der Waals surface area contributed by atoms with Crippen molar-refractivity contribution >= 4 is 17.9 Å². The second-order valence-corrected chi connectivity index (χ2v) is 10.9. The quantitative estimate of drug-likeness (QED) is 0.335. The Morgan fingerprint density at radius 3 is 2.26 bits per heavy atom. The van der Waals surface area contributed by atoms with Gasteiger partial charge in [0, 0.05) is 13.1 Å². The van der Waals surface area contributed by atoms with E-state index in [1.54, 1.807) is 32.6 Å². The van der Waals surface area contributed by atoms with Crippen molar-refractivity contribution in [2.24, 2.45) is 0 Å². The number of carbonyl (C=O) groups excluding carboxylic acids is 3. The molecule has 0 saturated heterocycles. The van der Waals surface area contributed by atoms with Gasteiger partial charge in [0.25, 0.3) is 0 Å². The van der Waals surface area contributed by atoms with Gasteiger partial charge in [-0.05, 0) is 64.7 Å². The van der Waals surface area contributed by atoms with Gasteiger partial charge in [-0.2, -0.15) is 0 Å². The number of hydrogen-bond donors (Lipinski definition) is 2. The van der Waals surface area contributed by atoms with Crippen molar-refractivity contribution in [2.45, 2.75) is 98.4 Å². The average molecular weight is 524 g/mol. The van der Waals surface area contributed by atoms with Gasteiger partial charge in [-0.15, -0.1) is 0 Å². The average Bonchev–Trinajstić information content (AvgIpc) is 2.84. The highest BCUT2D eigenvalue weighted by Gasteiger charge is 2.35. The molecule has 2 N–H and O–H groups in total. The van der Waals surface area contributed by atoms with Gasteiger partial charge in [0.15, 0.2) is 0 Å². The summed E-state index contributed by atoms with van der Waals surface area (Å²) in [5.74, 6) is -0.582. The Labute approximate surface area is 228 Å². The number of carbonyl (C=O) groups is 3. The van der Waals surface area contributed by atoms with Crippen molar-refractivity contribution in [1.82, 2.24) is 15.5 Å². The number of hydrogen-bond acceptors (Lipinski definition) is 4. The molecule has 0 fully saturated rings. The normalized spacial score (nSPS) is 12.8. The summed E-state index contributed by atoms with van der Waals surface area (Å²) in [6.45, 7) is 13.8. The number of ether oxygens (including phenoxy) is 1. The maximum absolute atomic E-state index is 13.9. The van der Waals surface area contributed by atoms with E-state index in [2.05, 4.69) is 17.6 Å². The van der Waals surface area contributed by atoms with E-state index in [-0.39, 0.29) is 11.8 Å². The maximum atomic E-state index is 13.9. The molecule has 7 heteroatoms. The largest absolute Gasteiger partial charge is 0.444 e. The van der Waals surface area contributed by atoms with Crippen molar-refractivity contribution in [3.8, 4) is 0 Å². The number of nitrogens with one attached hydrogen (secondary N) is 2. The smallest absolute Gasteiger partial charge is 0.408 e. The molecule has 7 nitrogen and oxygen atoms in total. The molecule has 0 aromatic heterocycles. The van der Waals surface area contributed by atoms with Crippen molar-refractivity contribution in [2.75, 3.05) is 6.54 Å². The minimum Gasteiger partial charge on any atom is -0.444 e. The van der Waals surface area contributed by atoms with Crippen LogP contribution >= 0.6 is 0 Å². The number of amides is 3. The number of aryl methyl sites for hydroxylation is 2. The van der Waals surface area contributed by atoms with Gasteiger partial charge in [0.2, 0.25) is 11.8 Å². The molecule has 0 radical (unpaired) electrons. The Balaban J connectivity index is 2.40. The number of unbranched alkanes of at least 4 members (excludes halogenated alkanes) is 3. The van der Waals surface area contributed by atoms with E-state index >= 15 is 0 Å². The third-order valence-electron chi connectivity index (χ3n) is 6.23. The van der Waals surface area contributed by atoms with Crippen LogP contribution in [0.5, 0.6) is 0 Å². The molecule has 38 heavy (non-hydrogen) atoms. The number of alkyl carbamates (subject to hydrolysis) is 1. The van der Waals surface area contributed by atoms with E-state index in [0.29, 0.717) is 13.1 Å². The van der Waals surface area contributed by atoms with E-state index < -0.39 is 23.8 Å². The molecule has 0 aliphatic heterocycles. The summed E-state index contributed by atoms with van der Waals surface area (Å²) < 4.78 is 5.36. The Morgan fingerprint density at radius 2 is 1.66 bits per heavy atom. The lowest BCUT2D eigenvalue weighted by atomic mass is 9.96. The monoisotopic (exact) mass is 523 g/mol. The van der Waals surface area contributed by atoms with Crippen LogP contribution in [-0.2, 0) is 20.9 Å². The van der Waals surface area contributed by atoms with Crippen LogP contribution in [0.25, 0.3) is 0 Å². The van der Waals surface area contributed by atoms with Crippen molar-refractivity contribution in [1.29, 1.82) is 0 Å². The topological polar surface area (TPSA) is 87.7 Å². The first-order valence-corrected chi connectivity index (χ1v) is 13.6. The van der Waals surface area contributed by atoms with Crippen molar-refractivity contribution < 1.29 is 19.1 Å². The fourth-order valence-corrected chi connectivity index (χ4v) is 4.34. The predicted octanol–water partition coefficient (Wildman–Crippen LogP) is 5.98. The maximum Gasteiger partial charge on any atom is 0.408 e. The van der Waals surface area contributed by atoms with E-state index in [4.69, 9.17) is 4.74 Å². The van der Waals surface area contributed by atoms with Crippen LogP contribution in [0.1, 0.15) is 88.6 Å². The second kappa shape index (κ2) is 14.6. The van der Waals surface area contributed by atoms with E-state index in [1.807, 2.05) is 62.4 Å². The lowest BCUT2D eigenvalue weighted by Gasteiger charge is -2.34. The lowest BCUT2D eigenvalue weighted by Crippen LogP contribution is -2.52. The molecule has 208 valence electrons. The lowest BCUT2D eigenvalue weighted by molar-refractivity contribution is -0.142. The van der Waals surface area contributed by atoms with Crippen LogP contribution in [0, 0.1) is 13.8 Å². The van der Waals surface area contributed by atoms with E-state index in [0.717, 1.165) is 47.9 Å². The molecule has 2 unspecified atom stereocenters. The Morgan fingerprint density at radius 1 is 0.974 bits per heavy atom. The van der Waals surface area contributed by atoms with Crippen LogP contribution in [0.15, 0.2) is 48.5 Å². The minimum atomic E-state index is -0.869. The summed E-state index contributed by atoms with van der Waals surface area (Å²) in [5.41, 5.74) is 3.07. The van der Waals surface area contributed by atoms with Gasteiger partial charge < -0.3 is 20.3 Å². The van der Waals surface area contributed by atoms with Crippen molar-refractivity contribution in [3.05, 3.63) is 70.8 Å². The predicted molar refractivity (Wildman–Crippen MR) is 152 cm³/mol. The van der Waals surface area contributed by atoms with Gasteiger partial charge in [-0.3, -0.25) is 9.59 Å². The van der Waals surface area contributed by atoms with Crippen LogP contribution in [0.3, 0.4) is 0 Å². The molecule has 3 amide bonds. The molecular weight excluding hydrogens is 478 g/mol. The van der Waals surface area contributed by atoms with Gasteiger partial charge in [-0.25, -0.2) is 4.79 Å². The Hall–Kier alpha value is -3.35. The second-order valence-electron chi connectivity index (χ2n) is 10.9. The molecule has 2 aromatic rings. The van der Waals surface area contributed by atoms with Crippen LogP contribution in [0.4, 0.5) is 4.79 Å². The Kier molecular flexibility index (Phi) is 11.8. The molecule has 0 aliphatic rings. The van der Waals surface area contributed by atoms with Crippen LogP contribution < -0.4 is 10.6 Å². The molecule has 0 bridgehead atoms. The SMILES string of the molecule is CCCCCCN(C(=O)C(C)NC(=O)OC(C)(C)C)C(C(=O)NCc1ccccc1)c1ccc(C)cc1C. The molecule has 0 spiro atoms. The van der Waals surface area contributed by atoms with Gasteiger partial charge in [0.05, 0.1) is 0 Å². The highest BCUT2D eigenvalue weighted by atomic mass is 16.6. The highest BCUT2D eigenvalue weighted by Crippen LogP contribution is 2.27. The van der Waals surface area contributed by atoms with Gasteiger partial charge in [-0.1, -0.05) is 80.3 Å². The fourth-order valence-electron chi connectivity index (χ4n) is 4.34. The highest BCUT2D eigenvalue weighted by molar-refractivity contribution is 5.92. The summed E-state index contributed by atoms with van der Waals surface area (Å²) in [5, 5.41) is 5.70. The number of nitrogens with zero attached hydrogens (tertiary/aromatic N) is 1. The fraction of sp³-hybridized carbons (Fsp3) is 0.516. The first kappa shape index (κ1) is 30.9. The molecule has 0 aliphatic carbocycles. The van der Waals surface area contributed by atoms with Crippen LogP contribution in [-0.4, -0.2) is 41.0 Å². The molecule has 2 rings (SSSR count). The number of benzene rings is 2. The summed E-state index contributed by atoms with van der Waals surface area (Å²) in [6, 6.07) is 13.9. The van der Waals surface area contributed by atoms with Gasteiger partial charge >= 0.3 is 6.09 Å². The van der Waals surface area contributed by atoms with E-state index in [9.17, 15) is 14.4 Å². The van der Waals surface area contributed by atoms with E-state index in [1.165, 1.54) is 0 Å².